The third-order valence-electron chi connectivity index (χ3n) is 3.02. The van der Waals surface area contributed by atoms with Crippen molar-refractivity contribution in [2.45, 2.75) is 30.9 Å². The van der Waals surface area contributed by atoms with Crippen molar-refractivity contribution in [3.8, 4) is 0 Å². The van der Waals surface area contributed by atoms with Crippen LogP contribution < -0.4 is 10.5 Å². The number of fused-ring (bicyclic) bond motifs is 1. The second kappa shape index (κ2) is 5.76. The Labute approximate surface area is 127 Å². The summed E-state index contributed by atoms with van der Waals surface area (Å²) in [6, 6.07) is 5.28. The lowest BCUT2D eigenvalue weighted by Gasteiger charge is -2.12. The van der Waals surface area contributed by atoms with Crippen LogP contribution in [0.15, 0.2) is 34.2 Å². The molecule has 3 N–H and O–H groups in total. The molecule has 1 aliphatic rings. The van der Waals surface area contributed by atoms with Gasteiger partial charge in [0.1, 0.15) is 11.9 Å². The molecule has 8 nitrogen and oxygen atoms in total. The third kappa shape index (κ3) is 3.08. The minimum absolute atomic E-state index is 0.0618. The van der Waals surface area contributed by atoms with Crippen LogP contribution >= 0.6 is 0 Å². The predicted octanol–water partition coefficient (Wildman–Crippen LogP) is -0.469. The maximum absolute atomic E-state index is 11.9. The van der Waals surface area contributed by atoms with Gasteiger partial charge in [-0.3, -0.25) is 14.5 Å². The van der Waals surface area contributed by atoms with Crippen LogP contribution in [0.4, 0.5) is 0 Å². The van der Waals surface area contributed by atoms with E-state index >= 15 is 0 Å². The standard InChI is InChI=1S/C13H15N3O5S/c1-7(13(18)21-8(2)11(14)17)15-12-9-5-3-4-6-10(9)22(19,20)16-12/h3-8H,1-2H3,(H2,14,17)(H,15,16)/t7-,8-/m1/s1. The zero-order valence-electron chi connectivity index (χ0n) is 11.9. The number of amidine groups is 1. The van der Waals surface area contributed by atoms with E-state index in [2.05, 4.69) is 9.71 Å². The molecule has 2 rings (SSSR count). The summed E-state index contributed by atoms with van der Waals surface area (Å²) in [6.45, 7) is 2.77. The molecule has 9 heteroatoms. The van der Waals surface area contributed by atoms with Crippen molar-refractivity contribution in [3.05, 3.63) is 29.8 Å². The minimum atomic E-state index is -3.67. The Hall–Kier alpha value is -2.42. The van der Waals surface area contributed by atoms with Gasteiger partial charge in [0, 0.05) is 5.56 Å². The van der Waals surface area contributed by atoms with Gasteiger partial charge in [-0.05, 0) is 26.0 Å². The maximum atomic E-state index is 11.9. The summed E-state index contributed by atoms with van der Waals surface area (Å²) < 4.78 is 30.9. The van der Waals surface area contributed by atoms with Crippen molar-refractivity contribution in [1.82, 2.24) is 4.72 Å². The Morgan fingerprint density at radius 1 is 1.27 bits per heavy atom. The molecule has 0 radical (unpaired) electrons. The highest BCUT2D eigenvalue weighted by Crippen LogP contribution is 2.22. The summed E-state index contributed by atoms with van der Waals surface area (Å²) in [5.74, 6) is -1.49. The van der Waals surface area contributed by atoms with Gasteiger partial charge in [0.15, 0.2) is 6.10 Å². The molecule has 118 valence electrons. The molecular weight excluding hydrogens is 310 g/mol. The highest BCUT2D eigenvalue weighted by atomic mass is 32.2. The van der Waals surface area contributed by atoms with Crippen molar-refractivity contribution in [3.63, 3.8) is 0 Å². The molecule has 1 heterocycles. The van der Waals surface area contributed by atoms with E-state index in [9.17, 15) is 18.0 Å². The first-order valence-corrected chi connectivity index (χ1v) is 7.90. The molecule has 0 aliphatic carbocycles. The quantitative estimate of drug-likeness (QED) is 0.723. The molecule has 0 bridgehead atoms. The van der Waals surface area contributed by atoms with Gasteiger partial charge in [-0.25, -0.2) is 13.2 Å². The van der Waals surface area contributed by atoms with Crippen molar-refractivity contribution in [2.75, 3.05) is 0 Å². The van der Waals surface area contributed by atoms with Gasteiger partial charge in [0.05, 0.1) is 4.90 Å². The number of primary amides is 1. The number of aliphatic imine (C=N–C) groups is 1. The summed E-state index contributed by atoms with van der Waals surface area (Å²) in [6.07, 6.45) is -1.08. The zero-order chi connectivity index (χ0) is 16.5. The Balaban J connectivity index is 2.24. The number of esters is 1. The number of hydrogen-bond donors (Lipinski definition) is 2. The molecule has 1 aliphatic heterocycles. The molecule has 0 aromatic heterocycles. The monoisotopic (exact) mass is 325 g/mol. The van der Waals surface area contributed by atoms with Crippen LogP contribution in [0.2, 0.25) is 0 Å². The number of rotatable bonds is 4. The molecule has 0 spiro atoms. The van der Waals surface area contributed by atoms with Crippen LogP contribution in [0.3, 0.4) is 0 Å². The first-order chi connectivity index (χ1) is 10.2. The number of nitrogens with two attached hydrogens (primary N) is 1. The predicted molar refractivity (Wildman–Crippen MR) is 77.5 cm³/mol. The average Bonchev–Trinajstić information content (AvgIpc) is 2.70. The number of carbonyl (C=O) groups excluding carboxylic acids is 2. The number of nitrogens with zero attached hydrogens (tertiary/aromatic N) is 1. The van der Waals surface area contributed by atoms with Gasteiger partial charge in [-0.15, -0.1) is 0 Å². The zero-order valence-corrected chi connectivity index (χ0v) is 12.8. The Morgan fingerprint density at radius 3 is 2.55 bits per heavy atom. The first kappa shape index (κ1) is 16.0. The van der Waals surface area contributed by atoms with Crippen molar-refractivity contribution in [2.24, 2.45) is 10.7 Å². The summed E-state index contributed by atoms with van der Waals surface area (Å²) in [5, 5.41) is 0. The lowest BCUT2D eigenvalue weighted by molar-refractivity contribution is -0.154. The molecule has 1 amide bonds. The molecule has 22 heavy (non-hydrogen) atoms. The van der Waals surface area contributed by atoms with E-state index < -0.39 is 34.0 Å². The second-order valence-electron chi connectivity index (χ2n) is 4.74. The van der Waals surface area contributed by atoms with E-state index in [1.54, 1.807) is 18.2 Å². The van der Waals surface area contributed by atoms with Gasteiger partial charge < -0.3 is 10.5 Å². The maximum Gasteiger partial charge on any atom is 0.331 e. The molecule has 0 saturated carbocycles. The Bertz CT molecular complexity index is 757. The summed E-state index contributed by atoms with van der Waals surface area (Å²) in [4.78, 5) is 26.8. The number of sulfonamides is 1. The molecule has 2 atom stereocenters. The second-order valence-corrected chi connectivity index (χ2v) is 6.39. The topological polar surface area (TPSA) is 128 Å². The molecule has 0 unspecified atom stereocenters. The molecule has 1 aromatic carbocycles. The number of ether oxygens (including phenoxy) is 1. The highest BCUT2D eigenvalue weighted by molar-refractivity contribution is 7.90. The average molecular weight is 325 g/mol. The van der Waals surface area contributed by atoms with E-state index in [-0.39, 0.29) is 10.7 Å². The van der Waals surface area contributed by atoms with E-state index in [1.165, 1.54) is 19.9 Å². The van der Waals surface area contributed by atoms with Gasteiger partial charge in [0.2, 0.25) is 0 Å². The normalized spacial score (nSPS) is 19.8. The number of nitrogens with one attached hydrogen (secondary N) is 1. The van der Waals surface area contributed by atoms with E-state index in [1.807, 2.05) is 0 Å². The van der Waals surface area contributed by atoms with Crippen LogP contribution in [-0.4, -0.2) is 38.3 Å². The molecule has 0 fully saturated rings. The van der Waals surface area contributed by atoms with Crippen LogP contribution in [-0.2, 0) is 24.3 Å². The lowest BCUT2D eigenvalue weighted by atomic mass is 10.2. The van der Waals surface area contributed by atoms with Gasteiger partial charge >= 0.3 is 5.97 Å². The number of benzene rings is 1. The van der Waals surface area contributed by atoms with E-state index in [0.717, 1.165) is 0 Å². The largest absolute Gasteiger partial charge is 0.451 e. The highest BCUT2D eigenvalue weighted by Gasteiger charge is 2.31. The van der Waals surface area contributed by atoms with Gasteiger partial charge in [0.25, 0.3) is 15.9 Å². The summed E-state index contributed by atoms with van der Waals surface area (Å²) in [5.41, 5.74) is 5.38. The van der Waals surface area contributed by atoms with Crippen LogP contribution in [0, 0.1) is 0 Å². The molecular formula is C13H15N3O5S. The lowest BCUT2D eigenvalue weighted by Crippen LogP contribution is -2.34. The summed E-state index contributed by atoms with van der Waals surface area (Å²) in [7, 11) is -3.67. The van der Waals surface area contributed by atoms with E-state index in [0.29, 0.717) is 5.56 Å². The van der Waals surface area contributed by atoms with Crippen LogP contribution in [0.1, 0.15) is 19.4 Å². The number of amides is 1. The third-order valence-corrected chi connectivity index (χ3v) is 4.42. The summed E-state index contributed by atoms with van der Waals surface area (Å²) >= 11 is 0. The van der Waals surface area contributed by atoms with Crippen molar-refractivity contribution >= 4 is 27.7 Å². The first-order valence-electron chi connectivity index (χ1n) is 6.42. The smallest absolute Gasteiger partial charge is 0.331 e. The SMILES string of the molecule is C[C@@H](N=C1NS(=O)(=O)c2ccccc21)C(=O)O[C@H](C)C(N)=O. The fourth-order valence-electron chi connectivity index (χ4n) is 1.81. The van der Waals surface area contributed by atoms with E-state index in [4.69, 9.17) is 10.5 Å². The minimum Gasteiger partial charge on any atom is -0.451 e. The van der Waals surface area contributed by atoms with Crippen LogP contribution in [0.5, 0.6) is 0 Å². The molecule has 1 aromatic rings. The van der Waals surface area contributed by atoms with Gasteiger partial charge in [-0.2, -0.15) is 0 Å². The van der Waals surface area contributed by atoms with Crippen molar-refractivity contribution < 1.29 is 22.7 Å². The van der Waals surface area contributed by atoms with Crippen LogP contribution in [0.25, 0.3) is 0 Å². The Morgan fingerprint density at radius 2 is 1.91 bits per heavy atom. The van der Waals surface area contributed by atoms with Crippen molar-refractivity contribution in [1.29, 1.82) is 0 Å². The number of hydrogen-bond acceptors (Lipinski definition) is 6. The fraction of sp³-hybridized carbons (Fsp3) is 0.308. The van der Waals surface area contributed by atoms with Gasteiger partial charge in [-0.1, -0.05) is 12.1 Å². The number of carbonyl (C=O) groups is 2. The Kier molecular flexibility index (Phi) is 4.18. The molecule has 0 saturated heterocycles. The fourth-order valence-corrected chi connectivity index (χ4v) is 3.05.